The molecule has 2 aromatic carbocycles. The Labute approximate surface area is 144 Å². The normalized spacial score (nSPS) is 10.2. The minimum absolute atomic E-state index is 0.0400. The lowest BCUT2D eigenvalue weighted by molar-refractivity contribution is 0.208. The van der Waals surface area contributed by atoms with E-state index in [4.69, 9.17) is 4.74 Å². The minimum Gasteiger partial charge on any atom is -0.493 e. The molecular weight excluding hydrogens is 300 g/mol. The number of ether oxygens (including phenoxy) is 1. The Morgan fingerprint density at radius 3 is 2.54 bits per heavy atom. The van der Waals surface area contributed by atoms with Crippen molar-refractivity contribution < 1.29 is 9.53 Å². The molecule has 0 atom stereocenters. The molecule has 0 aliphatic rings. The fraction of sp³-hybridized carbons (Fsp3) is 0.350. The Hall–Kier alpha value is -2.49. The fourth-order valence-electron chi connectivity index (χ4n) is 2.35. The van der Waals surface area contributed by atoms with Gasteiger partial charge in [-0.05, 0) is 37.0 Å². The van der Waals surface area contributed by atoms with Gasteiger partial charge in [0.1, 0.15) is 5.75 Å². The van der Waals surface area contributed by atoms with Crippen LogP contribution in [0.4, 0.5) is 4.79 Å². The van der Waals surface area contributed by atoms with E-state index in [9.17, 15) is 4.79 Å². The van der Waals surface area contributed by atoms with E-state index in [0.717, 1.165) is 24.2 Å². The molecule has 4 nitrogen and oxygen atoms in total. The molecule has 24 heavy (non-hydrogen) atoms. The molecule has 0 aliphatic carbocycles. The van der Waals surface area contributed by atoms with Gasteiger partial charge in [0.05, 0.1) is 6.61 Å². The maximum atomic E-state index is 12.0. The van der Waals surface area contributed by atoms with Gasteiger partial charge in [-0.25, -0.2) is 4.79 Å². The quantitative estimate of drug-likeness (QED) is 0.752. The van der Waals surface area contributed by atoms with Crippen molar-refractivity contribution in [1.82, 2.24) is 10.2 Å². The summed E-state index contributed by atoms with van der Waals surface area (Å²) in [5, 5.41) is 2.93. The number of nitrogens with zero attached hydrogens (tertiary/aromatic N) is 1. The van der Waals surface area contributed by atoms with Gasteiger partial charge in [0.2, 0.25) is 0 Å². The third kappa shape index (κ3) is 5.95. The van der Waals surface area contributed by atoms with Gasteiger partial charge in [-0.1, -0.05) is 48.5 Å². The summed E-state index contributed by atoms with van der Waals surface area (Å²) in [7, 11) is 1.82. The summed E-state index contributed by atoms with van der Waals surface area (Å²) in [5.41, 5.74) is 2.37. The maximum Gasteiger partial charge on any atom is 0.317 e. The lowest BCUT2D eigenvalue weighted by atomic mass is 10.1. The van der Waals surface area contributed by atoms with Crippen molar-refractivity contribution in [1.29, 1.82) is 0 Å². The monoisotopic (exact) mass is 326 g/mol. The van der Waals surface area contributed by atoms with Crippen LogP contribution in [0.1, 0.15) is 17.5 Å². The van der Waals surface area contributed by atoms with Gasteiger partial charge in [0.15, 0.2) is 0 Å². The molecule has 0 saturated heterocycles. The van der Waals surface area contributed by atoms with E-state index in [1.807, 2.05) is 56.4 Å². The van der Waals surface area contributed by atoms with Crippen LogP contribution >= 0.6 is 0 Å². The number of nitrogens with one attached hydrogen (secondary N) is 1. The lowest BCUT2D eigenvalue weighted by Crippen LogP contribution is -2.39. The van der Waals surface area contributed by atoms with Gasteiger partial charge in [0.25, 0.3) is 0 Å². The van der Waals surface area contributed by atoms with Crippen LogP contribution in [0.2, 0.25) is 0 Å². The first-order chi connectivity index (χ1) is 11.7. The highest BCUT2D eigenvalue weighted by Gasteiger charge is 2.07. The number of amides is 2. The molecule has 0 aromatic heterocycles. The van der Waals surface area contributed by atoms with E-state index in [1.54, 1.807) is 4.90 Å². The van der Waals surface area contributed by atoms with Crippen LogP contribution in [-0.4, -0.2) is 37.7 Å². The van der Waals surface area contributed by atoms with Crippen LogP contribution in [0.15, 0.2) is 54.6 Å². The molecule has 0 aliphatic heterocycles. The number of likely N-dealkylation sites (N-methyl/N-ethyl adjacent to an activating group) is 1. The summed E-state index contributed by atoms with van der Waals surface area (Å²) in [4.78, 5) is 13.7. The second-order valence-corrected chi connectivity index (χ2v) is 5.86. The summed E-state index contributed by atoms with van der Waals surface area (Å²) in [5.74, 6) is 0.906. The number of hydrogen-bond acceptors (Lipinski definition) is 2. The minimum atomic E-state index is -0.0400. The molecular formula is C20H26N2O2. The zero-order valence-corrected chi connectivity index (χ0v) is 14.5. The molecule has 0 fully saturated rings. The topological polar surface area (TPSA) is 41.6 Å². The first kappa shape index (κ1) is 17.9. The first-order valence-corrected chi connectivity index (χ1v) is 8.38. The molecule has 0 radical (unpaired) electrons. The van der Waals surface area contributed by atoms with Gasteiger partial charge in [-0.15, -0.1) is 0 Å². The SMILES string of the molecule is Cc1ccccc1OCCCNC(=O)N(C)CCc1ccccc1. The number of urea groups is 1. The molecule has 2 rings (SSSR count). The fourth-order valence-corrected chi connectivity index (χ4v) is 2.35. The summed E-state index contributed by atoms with van der Waals surface area (Å²) < 4.78 is 5.72. The van der Waals surface area contributed by atoms with Gasteiger partial charge in [-0.2, -0.15) is 0 Å². The standard InChI is InChI=1S/C20H26N2O2/c1-17-9-6-7-12-19(17)24-16-8-14-21-20(23)22(2)15-13-18-10-4-3-5-11-18/h3-7,9-12H,8,13-16H2,1-2H3,(H,21,23). The smallest absolute Gasteiger partial charge is 0.317 e. The molecule has 1 N–H and O–H groups in total. The molecule has 128 valence electrons. The molecule has 0 heterocycles. The van der Waals surface area contributed by atoms with Gasteiger partial charge in [0, 0.05) is 20.1 Å². The van der Waals surface area contributed by atoms with Gasteiger partial charge in [-0.3, -0.25) is 0 Å². The zero-order chi connectivity index (χ0) is 17.2. The molecule has 4 heteroatoms. The molecule has 0 spiro atoms. The number of para-hydroxylation sites is 1. The summed E-state index contributed by atoms with van der Waals surface area (Å²) in [6.45, 7) is 3.94. The van der Waals surface area contributed by atoms with Crippen molar-refractivity contribution in [2.75, 3.05) is 26.7 Å². The van der Waals surface area contributed by atoms with Crippen molar-refractivity contribution in [2.24, 2.45) is 0 Å². The molecule has 0 saturated carbocycles. The number of hydrogen-bond donors (Lipinski definition) is 1. The molecule has 2 aromatic rings. The van der Waals surface area contributed by atoms with E-state index >= 15 is 0 Å². The third-order valence-electron chi connectivity index (χ3n) is 3.87. The highest BCUT2D eigenvalue weighted by atomic mass is 16.5. The van der Waals surface area contributed by atoms with Crippen molar-refractivity contribution >= 4 is 6.03 Å². The van der Waals surface area contributed by atoms with Crippen molar-refractivity contribution in [3.05, 3.63) is 65.7 Å². The average Bonchev–Trinajstić information content (AvgIpc) is 2.61. The molecule has 0 bridgehead atoms. The maximum absolute atomic E-state index is 12.0. The largest absolute Gasteiger partial charge is 0.493 e. The first-order valence-electron chi connectivity index (χ1n) is 8.38. The number of aryl methyl sites for hydroxylation is 1. The Bertz CT molecular complexity index is 629. The number of carbonyl (C=O) groups is 1. The van der Waals surface area contributed by atoms with E-state index in [0.29, 0.717) is 19.7 Å². The van der Waals surface area contributed by atoms with E-state index in [-0.39, 0.29) is 6.03 Å². The van der Waals surface area contributed by atoms with E-state index in [2.05, 4.69) is 17.4 Å². The van der Waals surface area contributed by atoms with Gasteiger partial charge >= 0.3 is 6.03 Å². The van der Waals surface area contributed by atoms with E-state index < -0.39 is 0 Å². The summed E-state index contributed by atoms with van der Waals surface area (Å²) in [6, 6.07) is 18.1. The predicted octanol–water partition coefficient (Wildman–Crippen LogP) is 3.65. The Kier molecular flexibility index (Phi) is 7.15. The summed E-state index contributed by atoms with van der Waals surface area (Å²) in [6.07, 6.45) is 1.65. The van der Waals surface area contributed by atoms with Crippen LogP contribution in [0.3, 0.4) is 0 Å². The summed E-state index contributed by atoms with van der Waals surface area (Å²) >= 11 is 0. The second kappa shape index (κ2) is 9.60. The molecule has 0 unspecified atom stereocenters. The average molecular weight is 326 g/mol. The lowest BCUT2D eigenvalue weighted by Gasteiger charge is -2.18. The Morgan fingerprint density at radius 2 is 1.79 bits per heavy atom. The number of rotatable bonds is 8. The van der Waals surface area contributed by atoms with Crippen LogP contribution in [0.5, 0.6) is 5.75 Å². The highest BCUT2D eigenvalue weighted by molar-refractivity contribution is 5.73. The number of benzene rings is 2. The second-order valence-electron chi connectivity index (χ2n) is 5.86. The molecule has 2 amide bonds. The zero-order valence-electron chi connectivity index (χ0n) is 14.5. The number of carbonyl (C=O) groups excluding carboxylic acids is 1. The van der Waals surface area contributed by atoms with Gasteiger partial charge < -0.3 is 15.0 Å². The predicted molar refractivity (Wildman–Crippen MR) is 97.5 cm³/mol. The van der Waals surface area contributed by atoms with Crippen LogP contribution < -0.4 is 10.1 Å². The van der Waals surface area contributed by atoms with E-state index in [1.165, 1.54) is 5.56 Å². The van der Waals surface area contributed by atoms with Crippen molar-refractivity contribution in [2.45, 2.75) is 19.8 Å². The third-order valence-corrected chi connectivity index (χ3v) is 3.87. The van der Waals surface area contributed by atoms with Crippen LogP contribution in [0, 0.1) is 6.92 Å². The van der Waals surface area contributed by atoms with Crippen molar-refractivity contribution in [3.63, 3.8) is 0 Å². The van der Waals surface area contributed by atoms with Crippen LogP contribution in [0.25, 0.3) is 0 Å². The van der Waals surface area contributed by atoms with Crippen LogP contribution in [-0.2, 0) is 6.42 Å². The Balaban J connectivity index is 1.59. The van der Waals surface area contributed by atoms with Crippen molar-refractivity contribution in [3.8, 4) is 5.75 Å². The Morgan fingerprint density at radius 1 is 1.08 bits per heavy atom. The highest BCUT2D eigenvalue weighted by Crippen LogP contribution is 2.15.